The van der Waals surface area contributed by atoms with Gasteiger partial charge in [0.25, 0.3) is 0 Å². The highest BCUT2D eigenvalue weighted by atomic mass is 16.5. The molecular weight excluding hydrogens is 182 g/mol. The van der Waals surface area contributed by atoms with Crippen molar-refractivity contribution in [2.24, 2.45) is 0 Å². The summed E-state index contributed by atoms with van der Waals surface area (Å²) < 4.78 is 5.26. The maximum absolute atomic E-state index is 10.5. The number of hydrogen-bond acceptors (Lipinski definition) is 4. The van der Waals surface area contributed by atoms with Gasteiger partial charge in [-0.1, -0.05) is 6.07 Å². The zero-order valence-corrected chi connectivity index (χ0v) is 7.73. The molecule has 1 aliphatic heterocycles. The Kier molecular flexibility index (Phi) is 2.13. The van der Waals surface area contributed by atoms with Crippen molar-refractivity contribution in [1.82, 2.24) is 0 Å². The van der Waals surface area contributed by atoms with Crippen molar-refractivity contribution in [2.75, 3.05) is 5.32 Å². The van der Waals surface area contributed by atoms with E-state index in [1.165, 1.54) is 0 Å². The molecule has 74 valence electrons. The summed E-state index contributed by atoms with van der Waals surface area (Å²) in [6, 6.07) is 5.32. The highest BCUT2D eigenvalue weighted by Crippen LogP contribution is 2.33. The molecule has 0 aliphatic carbocycles. The van der Waals surface area contributed by atoms with E-state index in [-0.39, 0.29) is 0 Å². The van der Waals surface area contributed by atoms with E-state index in [0.29, 0.717) is 12.0 Å². The van der Waals surface area contributed by atoms with Gasteiger partial charge in [0.05, 0.1) is 11.8 Å². The molecule has 2 N–H and O–H groups in total. The minimum absolute atomic E-state index is 0.529. The lowest BCUT2D eigenvalue weighted by atomic mass is 10.1. The second-order valence-electron chi connectivity index (χ2n) is 3.25. The third kappa shape index (κ3) is 1.44. The molecule has 1 aromatic carbocycles. The highest BCUT2D eigenvalue weighted by Gasteiger charge is 2.21. The van der Waals surface area contributed by atoms with Crippen molar-refractivity contribution in [3.63, 3.8) is 0 Å². The number of fused-ring (bicyclic) bond motifs is 1. The number of nitrogens with one attached hydrogen (secondary N) is 1. The fourth-order valence-corrected chi connectivity index (χ4v) is 1.40. The van der Waals surface area contributed by atoms with Crippen LogP contribution in [0.1, 0.15) is 18.6 Å². The highest BCUT2D eigenvalue weighted by molar-refractivity contribution is 5.71. The number of aliphatic hydroxyl groups excluding tert-OH is 1. The molecule has 2 rings (SSSR count). The first kappa shape index (κ1) is 9.02. The molecule has 0 saturated carbocycles. The molecule has 2 unspecified atom stereocenters. The first-order chi connectivity index (χ1) is 6.70. The molecule has 2 atom stereocenters. The van der Waals surface area contributed by atoms with Crippen molar-refractivity contribution < 1.29 is 14.6 Å². The van der Waals surface area contributed by atoms with Crippen LogP contribution in [0.2, 0.25) is 0 Å². The summed E-state index contributed by atoms with van der Waals surface area (Å²) in [7, 11) is 0. The molecule has 0 saturated heterocycles. The van der Waals surface area contributed by atoms with Gasteiger partial charge < -0.3 is 15.2 Å². The molecule has 1 heterocycles. The van der Waals surface area contributed by atoms with Crippen molar-refractivity contribution in [3.05, 3.63) is 23.8 Å². The quantitative estimate of drug-likeness (QED) is 0.690. The topological polar surface area (TPSA) is 58.6 Å². The van der Waals surface area contributed by atoms with Gasteiger partial charge in [-0.05, 0) is 24.6 Å². The van der Waals surface area contributed by atoms with Crippen LogP contribution in [0.5, 0.6) is 5.75 Å². The fraction of sp³-hybridized carbons (Fsp3) is 0.300. The molecule has 0 aromatic heterocycles. The van der Waals surface area contributed by atoms with Crippen LogP contribution in [0.3, 0.4) is 0 Å². The minimum atomic E-state index is -0.603. The zero-order valence-electron chi connectivity index (χ0n) is 7.73. The average molecular weight is 193 g/mol. The molecule has 0 spiro atoms. The molecule has 0 radical (unpaired) electrons. The van der Waals surface area contributed by atoms with E-state index in [4.69, 9.17) is 4.74 Å². The summed E-state index contributed by atoms with van der Waals surface area (Å²) in [5.41, 5.74) is 1.56. The lowest BCUT2D eigenvalue weighted by Gasteiger charge is -2.05. The van der Waals surface area contributed by atoms with Gasteiger partial charge in [0.1, 0.15) is 5.75 Å². The number of benzene rings is 1. The Morgan fingerprint density at radius 3 is 3.07 bits per heavy atom. The summed E-state index contributed by atoms with van der Waals surface area (Å²) in [5.74, 6) is 0.612. The maximum atomic E-state index is 10.5. The Morgan fingerprint density at radius 2 is 2.43 bits per heavy atom. The Labute approximate surface area is 81.5 Å². The molecule has 14 heavy (non-hydrogen) atoms. The van der Waals surface area contributed by atoms with Gasteiger partial charge in [0.15, 0.2) is 6.29 Å². The van der Waals surface area contributed by atoms with Gasteiger partial charge >= 0.3 is 0 Å². The van der Waals surface area contributed by atoms with E-state index in [9.17, 15) is 9.90 Å². The van der Waals surface area contributed by atoms with Crippen molar-refractivity contribution in [1.29, 1.82) is 0 Å². The van der Waals surface area contributed by atoms with Crippen molar-refractivity contribution in [3.8, 4) is 5.75 Å². The molecule has 1 aromatic rings. The number of rotatable bonds is 2. The second-order valence-corrected chi connectivity index (χ2v) is 3.25. The fourth-order valence-electron chi connectivity index (χ4n) is 1.40. The number of ether oxygens (including phenoxy) is 1. The SMILES string of the molecule is CC(O)c1ccc2c(c1)OC(C=O)N2. The van der Waals surface area contributed by atoms with Crippen molar-refractivity contribution in [2.45, 2.75) is 19.3 Å². The summed E-state index contributed by atoms with van der Waals surface area (Å²) in [4.78, 5) is 10.5. The molecule has 0 bridgehead atoms. The summed E-state index contributed by atoms with van der Waals surface area (Å²) in [5, 5.41) is 12.2. The van der Waals surface area contributed by atoms with Gasteiger partial charge in [-0.15, -0.1) is 0 Å². The largest absolute Gasteiger partial charge is 0.461 e. The lowest BCUT2D eigenvalue weighted by molar-refractivity contribution is -0.112. The predicted molar refractivity (Wildman–Crippen MR) is 51.2 cm³/mol. The lowest BCUT2D eigenvalue weighted by Crippen LogP contribution is -2.20. The summed E-state index contributed by atoms with van der Waals surface area (Å²) in [6.07, 6.45) is -0.435. The van der Waals surface area contributed by atoms with E-state index < -0.39 is 12.3 Å². The van der Waals surface area contributed by atoms with Gasteiger partial charge in [-0.2, -0.15) is 0 Å². The Hall–Kier alpha value is -1.55. The Bertz CT molecular complexity index is 362. The van der Waals surface area contributed by atoms with Crippen LogP contribution in [0.25, 0.3) is 0 Å². The summed E-state index contributed by atoms with van der Waals surface area (Å²) in [6.45, 7) is 1.68. The number of carbonyl (C=O) groups excluding carboxylic acids is 1. The number of carbonyl (C=O) groups is 1. The van der Waals surface area contributed by atoms with Crippen LogP contribution in [-0.4, -0.2) is 17.6 Å². The van der Waals surface area contributed by atoms with Gasteiger partial charge in [0, 0.05) is 0 Å². The first-order valence-corrected chi connectivity index (χ1v) is 4.41. The van der Waals surface area contributed by atoms with Crippen LogP contribution in [0, 0.1) is 0 Å². The smallest absolute Gasteiger partial charge is 0.226 e. The molecule has 4 nitrogen and oxygen atoms in total. The molecule has 0 amide bonds. The zero-order chi connectivity index (χ0) is 10.1. The third-order valence-corrected chi connectivity index (χ3v) is 2.16. The normalized spacial score (nSPS) is 20.6. The van der Waals surface area contributed by atoms with Gasteiger partial charge in [-0.3, -0.25) is 4.79 Å². The van der Waals surface area contributed by atoms with Gasteiger partial charge in [0.2, 0.25) is 6.23 Å². The standard InChI is InChI=1S/C10H11NO3/c1-6(13)7-2-3-8-9(4-7)14-10(5-12)11-8/h2-6,10-11,13H,1H3. The minimum Gasteiger partial charge on any atom is -0.461 e. The molecule has 0 fully saturated rings. The van der Waals surface area contributed by atoms with E-state index in [1.54, 1.807) is 25.1 Å². The average Bonchev–Trinajstić information content (AvgIpc) is 2.58. The second kappa shape index (κ2) is 3.31. The van der Waals surface area contributed by atoms with Crippen LogP contribution in [0.4, 0.5) is 5.69 Å². The monoisotopic (exact) mass is 193 g/mol. The van der Waals surface area contributed by atoms with E-state index in [1.807, 2.05) is 0 Å². The van der Waals surface area contributed by atoms with E-state index >= 15 is 0 Å². The maximum Gasteiger partial charge on any atom is 0.226 e. The number of aliphatic hydroxyl groups is 1. The Balaban J connectivity index is 2.30. The van der Waals surface area contributed by atoms with Crippen LogP contribution >= 0.6 is 0 Å². The first-order valence-electron chi connectivity index (χ1n) is 4.41. The summed E-state index contributed by atoms with van der Waals surface area (Å²) >= 11 is 0. The predicted octanol–water partition coefficient (Wildman–Crippen LogP) is 1.07. The van der Waals surface area contributed by atoms with Crippen LogP contribution < -0.4 is 10.1 Å². The number of hydrogen-bond donors (Lipinski definition) is 2. The molecule has 4 heteroatoms. The van der Waals surface area contributed by atoms with E-state index in [0.717, 1.165) is 11.3 Å². The molecule has 1 aliphatic rings. The van der Waals surface area contributed by atoms with Crippen molar-refractivity contribution >= 4 is 12.0 Å². The molecular formula is C10H11NO3. The van der Waals surface area contributed by atoms with E-state index in [2.05, 4.69) is 5.32 Å². The Morgan fingerprint density at radius 1 is 1.64 bits per heavy atom. The van der Waals surface area contributed by atoms with Crippen LogP contribution in [0.15, 0.2) is 18.2 Å². The number of aldehydes is 1. The third-order valence-electron chi connectivity index (χ3n) is 2.16. The van der Waals surface area contributed by atoms with Gasteiger partial charge in [-0.25, -0.2) is 0 Å². The van der Waals surface area contributed by atoms with Crippen LogP contribution in [-0.2, 0) is 4.79 Å². The number of anilines is 1.